The van der Waals surface area contributed by atoms with Gasteiger partial charge in [0.1, 0.15) is 10.7 Å². The molecule has 3 amide bonds. The Labute approximate surface area is 208 Å². The number of amides is 3. The highest BCUT2D eigenvalue weighted by atomic mass is 35.5. The Morgan fingerprint density at radius 1 is 0.758 bits per heavy atom. The first-order chi connectivity index (χ1) is 15.7. The molecule has 33 heavy (non-hydrogen) atoms. The summed E-state index contributed by atoms with van der Waals surface area (Å²) in [6.07, 6.45) is 0. The molecule has 0 fully saturated rings. The molecule has 0 saturated carbocycles. The highest BCUT2D eigenvalue weighted by Gasteiger charge is 2.39. The zero-order valence-corrected chi connectivity index (χ0v) is 19.6. The van der Waals surface area contributed by atoms with E-state index in [9.17, 15) is 14.4 Å². The van der Waals surface area contributed by atoms with Crippen LogP contribution in [0, 0.1) is 0 Å². The van der Waals surface area contributed by atoms with Crippen molar-refractivity contribution in [3.05, 3.63) is 98.1 Å². The summed E-state index contributed by atoms with van der Waals surface area (Å²) in [5, 5.41) is 6.31. The van der Waals surface area contributed by atoms with Crippen LogP contribution in [0.5, 0.6) is 0 Å². The van der Waals surface area contributed by atoms with Crippen LogP contribution in [0.1, 0.15) is 10.4 Å². The number of nitrogens with zero attached hydrogens (tertiary/aromatic N) is 1. The van der Waals surface area contributed by atoms with Gasteiger partial charge < -0.3 is 10.6 Å². The summed E-state index contributed by atoms with van der Waals surface area (Å²) in [7, 11) is 0. The van der Waals surface area contributed by atoms with E-state index in [0.717, 1.165) is 4.90 Å². The Kier molecular flexibility index (Phi) is 6.63. The van der Waals surface area contributed by atoms with Crippen molar-refractivity contribution in [2.45, 2.75) is 0 Å². The molecular weight excluding hydrogens is 508 g/mol. The van der Waals surface area contributed by atoms with Crippen molar-refractivity contribution < 1.29 is 14.4 Å². The highest BCUT2D eigenvalue weighted by molar-refractivity contribution is 6.53. The number of benzene rings is 3. The topological polar surface area (TPSA) is 78.5 Å². The number of anilines is 3. The van der Waals surface area contributed by atoms with E-state index < -0.39 is 11.8 Å². The van der Waals surface area contributed by atoms with Crippen molar-refractivity contribution in [1.82, 2.24) is 0 Å². The Morgan fingerprint density at radius 2 is 1.39 bits per heavy atom. The van der Waals surface area contributed by atoms with Crippen LogP contribution in [0.2, 0.25) is 15.1 Å². The minimum atomic E-state index is -0.687. The van der Waals surface area contributed by atoms with Gasteiger partial charge in [-0.2, -0.15) is 0 Å². The summed E-state index contributed by atoms with van der Waals surface area (Å²) in [6.45, 7) is 0. The van der Waals surface area contributed by atoms with E-state index in [0.29, 0.717) is 27.0 Å². The predicted octanol–water partition coefficient (Wildman–Crippen LogP) is 6.33. The smallest absolute Gasteiger partial charge is 0.283 e. The van der Waals surface area contributed by atoms with Gasteiger partial charge in [-0.1, -0.05) is 58.5 Å². The van der Waals surface area contributed by atoms with Crippen molar-refractivity contribution in [2.24, 2.45) is 0 Å². The molecule has 166 valence electrons. The molecular formula is C23H13Cl4N3O3. The van der Waals surface area contributed by atoms with Crippen LogP contribution >= 0.6 is 46.4 Å². The zero-order chi connectivity index (χ0) is 23.7. The molecule has 4 rings (SSSR count). The minimum Gasteiger partial charge on any atom is -0.350 e. The minimum absolute atomic E-state index is 0.0904. The van der Waals surface area contributed by atoms with Gasteiger partial charge in [-0.3, -0.25) is 14.4 Å². The standard InChI is InChI=1S/C23H13Cl4N3O3/c24-13-9-14(25)11-16(10-13)29-21(31)12-5-7-15(8-6-12)28-20-19(27)22(32)30(23(20)33)18-4-2-1-3-17(18)26/h1-11,28H,(H,29,31). The molecule has 2 N–H and O–H groups in total. The van der Waals surface area contributed by atoms with Crippen LogP contribution < -0.4 is 15.5 Å². The van der Waals surface area contributed by atoms with Crippen LogP contribution in [-0.2, 0) is 9.59 Å². The summed E-state index contributed by atoms with van der Waals surface area (Å²) in [5.41, 5.74) is 1.40. The summed E-state index contributed by atoms with van der Waals surface area (Å²) in [4.78, 5) is 38.9. The maximum atomic E-state index is 12.9. The first-order valence-electron chi connectivity index (χ1n) is 9.42. The van der Waals surface area contributed by atoms with Gasteiger partial charge in [-0.15, -0.1) is 0 Å². The number of hydrogen-bond acceptors (Lipinski definition) is 4. The third-order valence-electron chi connectivity index (χ3n) is 4.66. The number of carbonyl (C=O) groups is 3. The van der Waals surface area contributed by atoms with Crippen LogP contribution in [0.15, 0.2) is 77.5 Å². The van der Waals surface area contributed by atoms with Gasteiger partial charge in [0.05, 0.1) is 10.7 Å². The number of para-hydroxylation sites is 1. The molecule has 0 spiro atoms. The molecule has 0 unspecified atom stereocenters. The first kappa shape index (κ1) is 23.1. The predicted molar refractivity (Wildman–Crippen MR) is 131 cm³/mol. The maximum absolute atomic E-state index is 12.9. The van der Waals surface area contributed by atoms with E-state index in [1.165, 1.54) is 0 Å². The highest BCUT2D eigenvalue weighted by Crippen LogP contribution is 2.34. The van der Waals surface area contributed by atoms with Crippen LogP contribution in [0.3, 0.4) is 0 Å². The SMILES string of the molecule is O=C(Nc1cc(Cl)cc(Cl)c1)c1ccc(NC2=C(Cl)C(=O)N(c3ccccc3Cl)C2=O)cc1. The van der Waals surface area contributed by atoms with Gasteiger partial charge >= 0.3 is 0 Å². The quantitative estimate of drug-likeness (QED) is 0.385. The molecule has 10 heteroatoms. The average molecular weight is 521 g/mol. The Morgan fingerprint density at radius 3 is 2.03 bits per heavy atom. The van der Waals surface area contributed by atoms with Gasteiger partial charge in [0.25, 0.3) is 17.7 Å². The Balaban J connectivity index is 1.49. The molecule has 6 nitrogen and oxygen atoms in total. The average Bonchev–Trinajstić information content (AvgIpc) is 2.97. The third-order valence-corrected chi connectivity index (χ3v) is 5.76. The molecule has 0 atom stereocenters. The lowest BCUT2D eigenvalue weighted by atomic mass is 10.2. The van der Waals surface area contributed by atoms with Gasteiger partial charge in [0, 0.05) is 27.0 Å². The van der Waals surface area contributed by atoms with Crippen molar-refractivity contribution in [1.29, 1.82) is 0 Å². The molecule has 0 radical (unpaired) electrons. The largest absolute Gasteiger partial charge is 0.350 e. The summed E-state index contributed by atoms with van der Waals surface area (Å²) in [5.74, 6) is -1.71. The monoisotopic (exact) mass is 519 g/mol. The fourth-order valence-corrected chi connectivity index (χ4v) is 4.10. The van der Waals surface area contributed by atoms with E-state index in [1.807, 2.05) is 0 Å². The molecule has 0 aromatic heterocycles. The fraction of sp³-hybridized carbons (Fsp3) is 0. The molecule has 0 saturated heterocycles. The number of nitrogens with one attached hydrogen (secondary N) is 2. The lowest BCUT2D eigenvalue weighted by Crippen LogP contribution is -2.32. The maximum Gasteiger partial charge on any atom is 0.283 e. The van der Waals surface area contributed by atoms with Gasteiger partial charge in [0.15, 0.2) is 0 Å². The molecule has 3 aromatic rings. The second kappa shape index (κ2) is 9.45. The molecule has 1 aliphatic heterocycles. The van der Waals surface area contributed by atoms with E-state index in [4.69, 9.17) is 46.4 Å². The number of halogens is 4. The molecule has 3 aromatic carbocycles. The summed E-state index contributed by atoms with van der Waals surface area (Å²) < 4.78 is 0. The number of imide groups is 1. The van der Waals surface area contributed by atoms with E-state index in [1.54, 1.807) is 66.7 Å². The Bertz CT molecular complexity index is 1300. The van der Waals surface area contributed by atoms with Gasteiger partial charge in [0.2, 0.25) is 0 Å². The first-order valence-corrected chi connectivity index (χ1v) is 10.9. The van der Waals surface area contributed by atoms with E-state index >= 15 is 0 Å². The van der Waals surface area contributed by atoms with Crippen LogP contribution in [0.25, 0.3) is 0 Å². The van der Waals surface area contributed by atoms with Gasteiger partial charge in [-0.25, -0.2) is 4.90 Å². The van der Waals surface area contributed by atoms with E-state index in [-0.39, 0.29) is 27.3 Å². The molecule has 1 aliphatic rings. The van der Waals surface area contributed by atoms with Gasteiger partial charge in [-0.05, 0) is 54.6 Å². The molecule has 0 aliphatic carbocycles. The van der Waals surface area contributed by atoms with Crippen LogP contribution in [0.4, 0.5) is 17.1 Å². The van der Waals surface area contributed by atoms with Crippen molar-refractivity contribution in [3.63, 3.8) is 0 Å². The summed E-state index contributed by atoms with van der Waals surface area (Å²) >= 11 is 24.2. The Hall–Kier alpha value is -3.03. The second-order valence-electron chi connectivity index (χ2n) is 6.90. The van der Waals surface area contributed by atoms with E-state index in [2.05, 4.69) is 10.6 Å². The van der Waals surface area contributed by atoms with Crippen molar-refractivity contribution >= 4 is 81.2 Å². The normalized spacial score (nSPS) is 13.5. The van der Waals surface area contributed by atoms with Crippen molar-refractivity contribution in [3.8, 4) is 0 Å². The molecule has 0 bridgehead atoms. The van der Waals surface area contributed by atoms with Crippen molar-refractivity contribution in [2.75, 3.05) is 15.5 Å². The number of hydrogen-bond donors (Lipinski definition) is 2. The second-order valence-corrected chi connectivity index (χ2v) is 8.56. The molecule has 1 heterocycles. The zero-order valence-electron chi connectivity index (χ0n) is 16.5. The van der Waals surface area contributed by atoms with Crippen LogP contribution in [-0.4, -0.2) is 17.7 Å². The third kappa shape index (κ3) is 4.84. The number of rotatable bonds is 5. The fourth-order valence-electron chi connectivity index (χ4n) is 3.14. The number of carbonyl (C=O) groups excluding carboxylic acids is 3. The summed E-state index contributed by atoms with van der Waals surface area (Å²) in [6, 6.07) is 17.4. The lowest BCUT2D eigenvalue weighted by Gasteiger charge is -2.16. The lowest BCUT2D eigenvalue weighted by molar-refractivity contribution is -0.120.